The number of rotatable bonds is 2. The average Bonchev–Trinajstić information content (AvgIpc) is 2.37. The van der Waals surface area contributed by atoms with Gasteiger partial charge in [-0.3, -0.25) is 4.79 Å². The lowest BCUT2D eigenvalue weighted by atomic mass is 9.97. The molecule has 1 amide bonds. The Kier molecular flexibility index (Phi) is 3.80. The fraction of sp³-hybridized carbons (Fsp3) is 0.533. The van der Waals surface area contributed by atoms with Crippen molar-refractivity contribution >= 4 is 11.6 Å². The summed E-state index contributed by atoms with van der Waals surface area (Å²) in [6.45, 7) is 8.99. The Bertz CT molecular complexity index is 453. The molecule has 19 heavy (non-hydrogen) atoms. The summed E-state index contributed by atoms with van der Waals surface area (Å²) in [5.74, 6) is 0.159. The van der Waals surface area contributed by atoms with E-state index < -0.39 is 0 Å². The quantitative estimate of drug-likeness (QED) is 0.879. The molecule has 104 valence electrons. The summed E-state index contributed by atoms with van der Waals surface area (Å²) in [6, 6.07) is 8.38. The number of hydrogen-bond acceptors (Lipinski definition) is 3. The number of amides is 1. The van der Waals surface area contributed by atoms with E-state index in [1.807, 2.05) is 4.90 Å². The third kappa shape index (κ3) is 2.89. The van der Waals surface area contributed by atoms with Crippen molar-refractivity contribution < 1.29 is 4.79 Å². The number of anilines is 1. The lowest BCUT2D eigenvalue weighted by molar-refractivity contribution is -0.130. The molecule has 1 heterocycles. The molecule has 0 spiro atoms. The SMILES string of the molecule is CC(=O)N1CCN(c2ccc(CN)cc2)C(C)(C)C1. The molecule has 2 rings (SSSR count). The van der Waals surface area contributed by atoms with Gasteiger partial charge in [0.2, 0.25) is 5.91 Å². The Morgan fingerprint density at radius 2 is 1.89 bits per heavy atom. The normalized spacial score (nSPS) is 18.5. The minimum Gasteiger partial charge on any atom is -0.363 e. The van der Waals surface area contributed by atoms with Crippen molar-refractivity contribution in [3.63, 3.8) is 0 Å². The van der Waals surface area contributed by atoms with E-state index >= 15 is 0 Å². The van der Waals surface area contributed by atoms with Crippen molar-refractivity contribution in [2.45, 2.75) is 32.9 Å². The van der Waals surface area contributed by atoms with Crippen LogP contribution in [0, 0.1) is 0 Å². The molecule has 4 nitrogen and oxygen atoms in total. The molecule has 0 bridgehead atoms. The van der Waals surface area contributed by atoms with Gasteiger partial charge in [0, 0.05) is 38.8 Å². The zero-order chi connectivity index (χ0) is 14.0. The summed E-state index contributed by atoms with van der Waals surface area (Å²) in [5, 5.41) is 0. The molecule has 1 saturated heterocycles. The fourth-order valence-corrected chi connectivity index (χ4v) is 2.71. The molecule has 0 atom stereocenters. The smallest absolute Gasteiger partial charge is 0.219 e. The molecule has 4 heteroatoms. The van der Waals surface area contributed by atoms with Crippen LogP contribution in [0.4, 0.5) is 5.69 Å². The molecular weight excluding hydrogens is 238 g/mol. The van der Waals surface area contributed by atoms with Crippen molar-refractivity contribution in [1.82, 2.24) is 4.90 Å². The van der Waals surface area contributed by atoms with E-state index in [-0.39, 0.29) is 11.4 Å². The number of carbonyl (C=O) groups excluding carboxylic acids is 1. The zero-order valence-electron chi connectivity index (χ0n) is 12.0. The second-order valence-corrected chi connectivity index (χ2v) is 5.78. The van der Waals surface area contributed by atoms with E-state index in [0.29, 0.717) is 6.54 Å². The molecule has 1 aromatic carbocycles. The largest absolute Gasteiger partial charge is 0.363 e. The zero-order valence-corrected chi connectivity index (χ0v) is 12.0. The van der Waals surface area contributed by atoms with Crippen LogP contribution >= 0.6 is 0 Å². The van der Waals surface area contributed by atoms with E-state index in [2.05, 4.69) is 43.0 Å². The predicted molar refractivity (Wildman–Crippen MR) is 78.0 cm³/mol. The van der Waals surface area contributed by atoms with Gasteiger partial charge in [-0.15, -0.1) is 0 Å². The van der Waals surface area contributed by atoms with Gasteiger partial charge in [0.15, 0.2) is 0 Å². The van der Waals surface area contributed by atoms with Crippen molar-refractivity contribution in [3.8, 4) is 0 Å². The van der Waals surface area contributed by atoms with Crippen molar-refractivity contribution in [1.29, 1.82) is 0 Å². The number of nitrogens with two attached hydrogens (primary N) is 1. The van der Waals surface area contributed by atoms with Crippen molar-refractivity contribution in [2.24, 2.45) is 5.73 Å². The Morgan fingerprint density at radius 3 is 2.37 bits per heavy atom. The highest BCUT2D eigenvalue weighted by atomic mass is 16.2. The van der Waals surface area contributed by atoms with Crippen LogP contribution in [0.2, 0.25) is 0 Å². The molecule has 0 radical (unpaired) electrons. The first-order chi connectivity index (χ1) is 8.94. The number of nitrogens with zero attached hydrogens (tertiary/aromatic N) is 2. The fourth-order valence-electron chi connectivity index (χ4n) is 2.71. The van der Waals surface area contributed by atoms with Crippen LogP contribution < -0.4 is 10.6 Å². The first kappa shape index (κ1) is 13.9. The molecule has 0 saturated carbocycles. The van der Waals surface area contributed by atoms with Crippen LogP contribution in [0.5, 0.6) is 0 Å². The summed E-state index contributed by atoms with van der Waals surface area (Å²) < 4.78 is 0. The third-order valence-electron chi connectivity index (χ3n) is 3.83. The van der Waals surface area contributed by atoms with Crippen LogP contribution in [0.15, 0.2) is 24.3 Å². The molecule has 1 aliphatic rings. The van der Waals surface area contributed by atoms with E-state index in [9.17, 15) is 4.79 Å². The van der Waals surface area contributed by atoms with Crippen LogP contribution in [0.3, 0.4) is 0 Å². The van der Waals surface area contributed by atoms with Crippen LogP contribution in [-0.2, 0) is 11.3 Å². The maximum Gasteiger partial charge on any atom is 0.219 e. The molecule has 1 fully saturated rings. The van der Waals surface area contributed by atoms with Crippen LogP contribution in [-0.4, -0.2) is 36.0 Å². The number of carbonyl (C=O) groups is 1. The molecule has 2 N–H and O–H groups in total. The van der Waals surface area contributed by atoms with Gasteiger partial charge in [0.25, 0.3) is 0 Å². The summed E-state index contributed by atoms with van der Waals surface area (Å²) in [5.41, 5.74) is 7.92. The molecule has 0 unspecified atom stereocenters. The van der Waals surface area contributed by atoms with Gasteiger partial charge < -0.3 is 15.5 Å². The van der Waals surface area contributed by atoms with Crippen LogP contribution in [0.25, 0.3) is 0 Å². The first-order valence-corrected chi connectivity index (χ1v) is 6.76. The monoisotopic (exact) mass is 261 g/mol. The highest BCUT2D eigenvalue weighted by molar-refractivity contribution is 5.74. The van der Waals surface area contributed by atoms with E-state index in [1.54, 1.807) is 6.92 Å². The summed E-state index contributed by atoms with van der Waals surface area (Å²) in [4.78, 5) is 15.8. The van der Waals surface area contributed by atoms with Gasteiger partial charge >= 0.3 is 0 Å². The Balaban J connectivity index is 2.18. The molecule has 1 aromatic rings. The highest BCUT2D eigenvalue weighted by Crippen LogP contribution is 2.28. The predicted octanol–water partition coefficient (Wildman–Crippen LogP) is 1.59. The molecule has 0 aliphatic carbocycles. The maximum atomic E-state index is 11.5. The molecule has 0 aromatic heterocycles. The third-order valence-corrected chi connectivity index (χ3v) is 3.83. The topological polar surface area (TPSA) is 49.6 Å². The van der Waals surface area contributed by atoms with Crippen molar-refractivity contribution in [3.05, 3.63) is 29.8 Å². The Morgan fingerprint density at radius 1 is 1.26 bits per heavy atom. The van der Waals surface area contributed by atoms with Gasteiger partial charge in [0.1, 0.15) is 0 Å². The lowest BCUT2D eigenvalue weighted by Gasteiger charge is -2.48. The number of hydrogen-bond donors (Lipinski definition) is 1. The van der Waals surface area contributed by atoms with E-state index in [4.69, 9.17) is 5.73 Å². The van der Waals surface area contributed by atoms with E-state index in [0.717, 1.165) is 25.2 Å². The number of piperazine rings is 1. The van der Waals surface area contributed by atoms with Gasteiger partial charge in [-0.25, -0.2) is 0 Å². The van der Waals surface area contributed by atoms with Crippen molar-refractivity contribution in [2.75, 3.05) is 24.5 Å². The highest BCUT2D eigenvalue weighted by Gasteiger charge is 2.34. The van der Waals surface area contributed by atoms with E-state index in [1.165, 1.54) is 5.69 Å². The van der Waals surface area contributed by atoms with Gasteiger partial charge in [-0.05, 0) is 31.5 Å². The Labute approximate surface area is 115 Å². The maximum absolute atomic E-state index is 11.5. The Hall–Kier alpha value is -1.55. The standard InChI is InChI=1S/C15H23N3O/c1-12(19)17-8-9-18(15(2,3)11-17)14-6-4-13(10-16)5-7-14/h4-7H,8-11,16H2,1-3H3. The van der Waals surface area contributed by atoms with Gasteiger partial charge in [0.05, 0.1) is 5.54 Å². The summed E-state index contributed by atoms with van der Waals surface area (Å²) >= 11 is 0. The first-order valence-electron chi connectivity index (χ1n) is 6.76. The summed E-state index contributed by atoms with van der Waals surface area (Å²) in [6.07, 6.45) is 0. The average molecular weight is 261 g/mol. The minimum atomic E-state index is -0.0475. The van der Waals surface area contributed by atoms with Gasteiger partial charge in [-0.1, -0.05) is 12.1 Å². The minimum absolute atomic E-state index is 0.0475. The molecular formula is C15H23N3O. The second kappa shape index (κ2) is 5.21. The molecule has 1 aliphatic heterocycles. The van der Waals surface area contributed by atoms with Crippen LogP contribution in [0.1, 0.15) is 26.3 Å². The number of benzene rings is 1. The second-order valence-electron chi connectivity index (χ2n) is 5.78. The summed E-state index contributed by atoms with van der Waals surface area (Å²) in [7, 11) is 0. The lowest BCUT2D eigenvalue weighted by Crippen LogP contribution is -2.60. The van der Waals surface area contributed by atoms with Gasteiger partial charge in [-0.2, -0.15) is 0 Å².